The molecule has 0 aromatic rings. The van der Waals surface area contributed by atoms with Crippen molar-refractivity contribution < 1.29 is 0 Å². The number of piperidine rings is 1. The van der Waals surface area contributed by atoms with E-state index in [-0.39, 0.29) is 5.54 Å². The van der Waals surface area contributed by atoms with E-state index in [1.54, 1.807) is 0 Å². The van der Waals surface area contributed by atoms with Gasteiger partial charge in [0.2, 0.25) is 0 Å². The number of likely N-dealkylation sites (tertiary alicyclic amines) is 1. The van der Waals surface area contributed by atoms with Crippen LogP contribution < -0.4 is 5.73 Å². The minimum absolute atomic E-state index is 0.267. The summed E-state index contributed by atoms with van der Waals surface area (Å²) in [6.45, 7) is 6.75. The highest BCUT2D eigenvalue weighted by molar-refractivity contribution is 4.93. The number of nitrogens with two attached hydrogens (primary N) is 1. The lowest BCUT2D eigenvalue weighted by Gasteiger charge is -2.45. The zero-order valence-electron chi connectivity index (χ0n) is 10.6. The molecule has 0 amide bonds. The van der Waals surface area contributed by atoms with Crippen LogP contribution in [0.5, 0.6) is 0 Å². The molecule has 0 unspecified atom stereocenters. The van der Waals surface area contributed by atoms with Crippen molar-refractivity contribution >= 4 is 0 Å². The molecule has 0 aromatic carbocycles. The fraction of sp³-hybridized carbons (Fsp3) is 1.00. The maximum Gasteiger partial charge on any atom is 0.0349 e. The van der Waals surface area contributed by atoms with E-state index in [4.69, 9.17) is 5.73 Å². The van der Waals surface area contributed by atoms with Crippen LogP contribution in [-0.4, -0.2) is 55.6 Å². The second kappa shape index (κ2) is 5.83. The molecule has 0 saturated carbocycles. The van der Waals surface area contributed by atoms with Crippen LogP contribution in [0.2, 0.25) is 0 Å². The van der Waals surface area contributed by atoms with E-state index in [0.29, 0.717) is 0 Å². The van der Waals surface area contributed by atoms with E-state index < -0.39 is 0 Å². The molecule has 1 aliphatic rings. The molecule has 1 heterocycles. The minimum atomic E-state index is 0.267. The normalized spacial score (nSPS) is 22.2. The van der Waals surface area contributed by atoms with Gasteiger partial charge in [-0.1, -0.05) is 13.3 Å². The highest BCUT2D eigenvalue weighted by atomic mass is 15.2. The fourth-order valence-corrected chi connectivity index (χ4v) is 2.41. The average molecular weight is 213 g/mol. The Kier molecular flexibility index (Phi) is 5.03. The van der Waals surface area contributed by atoms with Gasteiger partial charge in [0.25, 0.3) is 0 Å². The molecule has 0 atom stereocenters. The second-order valence-corrected chi connectivity index (χ2v) is 5.02. The van der Waals surface area contributed by atoms with Gasteiger partial charge in [-0.15, -0.1) is 0 Å². The second-order valence-electron chi connectivity index (χ2n) is 5.02. The van der Waals surface area contributed by atoms with Crippen LogP contribution in [-0.2, 0) is 0 Å². The molecule has 1 aliphatic heterocycles. The molecule has 1 fully saturated rings. The van der Waals surface area contributed by atoms with Gasteiger partial charge in [0.15, 0.2) is 0 Å². The summed E-state index contributed by atoms with van der Waals surface area (Å²) in [5, 5.41) is 0. The van der Waals surface area contributed by atoms with Gasteiger partial charge in [0.05, 0.1) is 0 Å². The third-order valence-electron chi connectivity index (χ3n) is 3.94. The third-order valence-corrected chi connectivity index (χ3v) is 3.94. The first-order chi connectivity index (χ1) is 7.14. The van der Waals surface area contributed by atoms with E-state index >= 15 is 0 Å². The van der Waals surface area contributed by atoms with Crippen molar-refractivity contribution in [1.29, 1.82) is 0 Å². The molecule has 0 aliphatic carbocycles. The maximum absolute atomic E-state index is 5.92. The standard InChI is InChI=1S/C12H27N3/c1-4-5-8-15-9-6-12(11-13,7-10-15)14(2)3/h4-11,13H2,1-3H3. The summed E-state index contributed by atoms with van der Waals surface area (Å²) in [5.41, 5.74) is 6.19. The SMILES string of the molecule is CCCCN1CCC(CN)(N(C)C)CC1. The van der Waals surface area contributed by atoms with Gasteiger partial charge in [0, 0.05) is 12.1 Å². The van der Waals surface area contributed by atoms with Crippen LogP contribution >= 0.6 is 0 Å². The van der Waals surface area contributed by atoms with Crippen molar-refractivity contribution in [3.63, 3.8) is 0 Å². The molecule has 90 valence electrons. The van der Waals surface area contributed by atoms with Crippen molar-refractivity contribution in [1.82, 2.24) is 9.80 Å². The van der Waals surface area contributed by atoms with E-state index in [1.165, 1.54) is 45.3 Å². The van der Waals surface area contributed by atoms with Gasteiger partial charge >= 0.3 is 0 Å². The van der Waals surface area contributed by atoms with Gasteiger partial charge in [-0.05, 0) is 53.0 Å². The zero-order chi connectivity index (χ0) is 11.3. The van der Waals surface area contributed by atoms with Gasteiger partial charge in [0.1, 0.15) is 0 Å². The lowest BCUT2D eigenvalue weighted by Crippen LogP contribution is -2.56. The van der Waals surface area contributed by atoms with Crippen molar-refractivity contribution in [2.45, 2.75) is 38.1 Å². The van der Waals surface area contributed by atoms with Gasteiger partial charge in [-0.3, -0.25) is 0 Å². The Bertz CT molecular complexity index is 172. The van der Waals surface area contributed by atoms with E-state index in [2.05, 4.69) is 30.8 Å². The molecular weight excluding hydrogens is 186 g/mol. The third kappa shape index (κ3) is 3.16. The highest BCUT2D eigenvalue weighted by Crippen LogP contribution is 2.25. The minimum Gasteiger partial charge on any atom is -0.329 e. The van der Waals surface area contributed by atoms with E-state index in [9.17, 15) is 0 Å². The monoisotopic (exact) mass is 213 g/mol. The van der Waals surface area contributed by atoms with Crippen LogP contribution in [0.3, 0.4) is 0 Å². The Morgan fingerprint density at radius 2 is 1.87 bits per heavy atom. The summed E-state index contributed by atoms with van der Waals surface area (Å²) in [6, 6.07) is 0. The molecular formula is C12H27N3. The predicted octanol–water partition coefficient (Wildman–Crippen LogP) is 1.14. The summed E-state index contributed by atoms with van der Waals surface area (Å²) >= 11 is 0. The van der Waals surface area contributed by atoms with Crippen molar-refractivity contribution in [2.24, 2.45) is 5.73 Å². The summed E-state index contributed by atoms with van der Waals surface area (Å²) in [7, 11) is 4.32. The van der Waals surface area contributed by atoms with Crippen LogP contribution in [0.25, 0.3) is 0 Å². The predicted molar refractivity (Wildman–Crippen MR) is 66.1 cm³/mol. The first-order valence-electron chi connectivity index (χ1n) is 6.24. The first kappa shape index (κ1) is 12.9. The maximum atomic E-state index is 5.92. The largest absolute Gasteiger partial charge is 0.329 e. The fourth-order valence-electron chi connectivity index (χ4n) is 2.41. The number of hydrogen-bond acceptors (Lipinski definition) is 3. The number of hydrogen-bond donors (Lipinski definition) is 1. The van der Waals surface area contributed by atoms with Crippen molar-refractivity contribution in [3.8, 4) is 0 Å². The molecule has 15 heavy (non-hydrogen) atoms. The molecule has 0 bridgehead atoms. The smallest absolute Gasteiger partial charge is 0.0349 e. The molecule has 0 spiro atoms. The Balaban J connectivity index is 2.39. The summed E-state index contributed by atoms with van der Waals surface area (Å²) in [6.07, 6.45) is 5.07. The molecule has 1 saturated heterocycles. The van der Waals surface area contributed by atoms with Crippen LogP contribution in [0.4, 0.5) is 0 Å². The van der Waals surface area contributed by atoms with Gasteiger partial charge < -0.3 is 15.5 Å². The van der Waals surface area contributed by atoms with E-state index in [0.717, 1.165) is 6.54 Å². The average Bonchev–Trinajstić information content (AvgIpc) is 2.27. The molecule has 1 rings (SSSR count). The van der Waals surface area contributed by atoms with Crippen molar-refractivity contribution in [2.75, 3.05) is 40.3 Å². The summed E-state index contributed by atoms with van der Waals surface area (Å²) in [5.74, 6) is 0. The number of nitrogens with zero attached hydrogens (tertiary/aromatic N) is 2. The summed E-state index contributed by atoms with van der Waals surface area (Å²) in [4.78, 5) is 4.91. The molecule has 2 N–H and O–H groups in total. The van der Waals surface area contributed by atoms with Gasteiger partial charge in [-0.25, -0.2) is 0 Å². The van der Waals surface area contributed by atoms with Crippen LogP contribution in [0, 0.1) is 0 Å². The molecule has 3 heteroatoms. The molecule has 0 radical (unpaired) electrons. The van der Waals surface area contributed by atoms with Crippen LogP contribution in [0.1, 0.15) is 32.6 Å². The first-order valence-corrected chi connectivity index (χ1v) is 6.24. The van der Waals surface area contributed by atoms with E-state index in [1.807, 2.05) is 0 Å². The Morgan fingerprint density at radius 1 is 1.27 bits per heavy atom. The number of likely N-dealkylation sites (N-methyl/N-ethyl adjacent to an activating group) is 1. The highest BCUT2D eigenvalue weighted by Gasteiger charge is 2.34. The lowest BCUT2D eigenvalue weighted by atomic mass is 9.86. The Labute approximate surface area is 94.6 Å². The van der Waals surface area contributed by atoms with Crippen molar-refractivity contribution in [3.05, 3.63) is 0 Å². The Morgan fingerprint density at radius 3 is 2.27 bits per heavy atom. The number of rotatable bonds is 5. The molecule has 3 nitrogen and oxygen atoms in total. The quantitative estimate of drug-likeness (QED) is 0.743. The van der Waals surface area contributed by atoms with Crippen LogP contribution in [0.15, 0.2) is 0 Å². The van der Waals surface area contributed by atoms with Gasteiger partial charge in [-0.2, -0.15) is 0 Å². The summed E-state index contributed by atoms with van der Waals surface area (Å²) < 4.78 is 0. The Hall–Kier alpha value is -0.120. The molecule has 0 aromatic heterocycles. The lowest BCUT2D eigenvalue weighted by molar-refractivity contribution is 0.0624. The number of unbranched alkanes of at least 4 members (excludes halogenated alkanes) is 1. The zero-order valence-corrected chi connectivity index (χ0v) is 10.6. The topological polar surface area (TPSA) is 32.5 Å².